The van der Waals surface area contributed by atoms with Crippen LogP contribution < -0.4 is 15.8 Å². The highest BCUT2D eigenvalue weighted by molar-refractivity contribution is 9.10. The van der Waals surface area contributed by atoms with Gasteiger partial charge in [0.15, 0.2) is 6.61 Å². The van der Waals surface area contributed by atoms with E-state index in [1.807, 2.05) is 49.4 Å². The lowest BCUT2D eigenvalue weighted by atomic mass is 10.0. The van der Waals surface area contributed by atoms with E-state index < -0.39 is 12.0 Å². The summed E-state index contributed by atoms with van der Waals surface area (Å²) in [7, 11) is 0. The molecule has 4 N–H and O–H groups in total. The lowest BCUT2D eigenvalue weighted by molar-refractivity contribution is -0.119. The molecule has 25 heavy (non-hydrogen) atoms. The minimum Gasteiger partial charge on any atom is -0.483 e. The van der Waals surface area contributed by atoms with Crippen molar-refractivity contribution in [3.05, 3.63) is 64.1 Å². The monoisotopic (exact) mass is 428 g/mol. The van der Waals surface area contributed by atoms with Crippen molar-refractivity contribution in [3.8, 4) is 5.75 Å². The summed E-state index contributed by atoms with van der Waals surface area (Å²) in [6, 6.07) is 14.9. The maximum Gasteiger partial charge on any atom is 0.255 e. The molecular formula is C18H22BrClN2O3. The molecular weight excluding hydrogens is 408 g/mol. The van der Waals surface area contributed by atoms with Gasteiger partial charge < -0.3 is 20.9 Å². The van der Waals surface area contributed by atoms with Gasteiger partial charge in [0.1, 0.15) is 5.75 Å². The average molecular weight is 430 g/mol. The second-order valence-corrected chi connectivity index (χ2v) is 6.45. The minimum absolute atomic E-state index is 0. The van der Waals surface area contributed by atoms with Gasteiger partial charge in [0.2, 0.25) is 0 Å². The lowest BCUT2D eigenvalue weighted by Crippen LogP contribution is -2.32. The molecule has 5 nitrogen and oxygen atoms in total. The van der Waals surface area contributed by atoms with Crippen molar-refractivity contribution in [2.45, 2.75) is 25.6 Å². The van der Waals surface area contributed by atoms with Crippen molar-refractivity contribution < 1.29 is 14.6 Å². The van der Waals surface area contributed by atoms with Crippen molar-refractivity contribution in [2.24, 2.45) is 5.73 Å². The summed E-state index contributed by atoms with van der Waals surface area (Å²) in [4.78, 5) is 10.9. The lowest BCUT2D eigenvalue weighted by Gasteiger charge is -2.21. The van der Waals surface area contributed by atoms with E-state index in [9.17, 15) is 9.90 Å². The molecule has 0 aliphatic rings. The van der Waals surface area contributed by atoms with Crippen molar-refractivity contribution in [3.63, 3.8) is 0 Å². The Bertz CT molecular complexity index is 685. The topological polar surface area (TPSA) is 84.6 Å². The summed E-state index contributed by atoms with van der Waals surface area (Å²) < 4.78 is 6.34. The molecule has 2 rings (SSSR count). The largest absolute Gasteiger partial charge is 0.483 e. The summed E-state index contributed by atoms with van der Waals surface area (Å²) >= 11 is 3.42. The van der Waals surface area contributed by atoms with Crippen molar-refractivity contribution in [2.75, 3.05) is 6.61 Å². The minimum atomic E-state index is -0.617. The first-order valence-electron chi connectivity index (χ1n) is 7.63. The molecule has 0 radical (unpaired) electrons. The first-order valence-corrected chi connectivity index (χ1v) is 8.42. The number of aliphatic hydroxyl groups excluding tert-OH is 1. The zero-order valence-corrected chi connectivity index (χ0v) is 16.2. The Morgan fingerprint density at radius 1 is 1.28 bits per heavy atom. The molecule has 0 aliphatic heterocycles. The maximum atomic E-state index is 10.9. The quantitative estimate of drug-likeness (QED) is 0.602. The molecule has 7 heteroatoms. The second kappa shape index (κ2) is 10.4. The van der Waals surface area contributed by atoms with Gasteiger partial charge in [-0.3, -0.25) is 4.79 Å². The summed E-state index contributed by atoms with van der Waals surface area (Å²) in [5.41, 5.74) is 6.86. The van der Waals surface area contributed by atoms with Crippen LogP contribution in [0.2, 0.25) is 0 Å². The average Bonchev–Trinajstić information content (AvgIpc) is 2.58. The molecule has 136 valence electrons. The first kappa shape index (κ1) is 21.4. The fourth-order valence-corrected chi connectivity index (χ4v) is 2.71. The Labute approximate surface area is 162 Å². The highest BCUT2D eigenvalue weighted by Crippen LogP contribution is 2.24. The maximum absolute atomic E-state index is 10.9. The van der Waals surface area contributed by atoms with Gasteiger partial charge in [-0.25, -0.2) is 0 Å². The molecule has 2 unspecified atom stereocenters. The van der Waals surface area contributed by atoms with E-state index in [4.69, 9.17) is 10.5 Å². The fourth-order valence-electron chi connectivity index (χ4n) is 2.30. The third-order valence-electron chi connectivity index (χ3n) is 3.62. The van der Waals surface area contributed by atoms with Crippen LogP contribution in [0.5, 0.6) is 5.75 Å². The highest BCUT2D eigenvalue weighted by atomic mass is 79.9. The van der Waals surface area contributed by atoms with Crippen molar-refractivity contribution in [1.82, 2.24) is 5.32 Å². The number of carbonyl (C=O) groups is 1. The third kappa shape index (κ3) is 6.66. The number of hydrogen-bond donors (Lipinski definition) is 3. The molecule has 0 saturated heterocycles. The van der Waals surface area contributed by atoms with Crippen LogP contribution in [-0.2, 0) is 11.3 Å². The number of benzene rings is 2. The predicted molar refractivity (Wildman–Crippen MR) is 104 cm³/mol. The van der Waals surface area contributed by atoms with E-state index in [1.54, 1.807) is 6.07 Å². The van der Waals surface area contributed by atoms with Crippen LogP contribution in [0.15, 0.2) is 53.0 Å². The van der Waals surface area contributed by atoms with Crippen molar-refractivity contribution >= 4 is 34.2 Å². The Kier molecular flexibility index (Phi) is 8.92. The smallest absolute Gasteiger partial charge is 0.255 e. The van der Waals surface area contributed by atoms with E-state index in [0.29, 0.717) is 12.3 Å². The van der Waals surface area contributed by atoms with E-state index in [2.05, 4.69) is 21.2 Å². The first-order chi connectivity index (χ1) is 11.5. The van der Waals surface area contributed by atoms with Gasteiger partial charge in [0.05, 0.1) is 6.10 Å². The number of nitrogens with two attached hydrogens (primary N) is 1. The SMILES string of the molecule is CC(NCc1cc(Br)ccc1OCC(N)=O)C(O)c1ccccc1.Cl. The molecule has 2 atom stereocenters. The third-order valence-corrected chi connectivity index (χ3v) is 4.11. The van der Waals surface area contributed by atoms with Crippen LogP contribution in [0.25, 0.3) is 0 Å². The van der Waals surface area contributed by atoms with E-state index in [1.165, 1.54) is 0 Å². The molecule has 0 saturated carbocycles. The molecule has 2 aromatic carbocycles. The van der Waals surface area contributed by atoms with Crippen LogP contribution in [0, 0.1) is 0 Å². The molecule has 1 amide bonds. The molecule has 0 aromatic heterocycles. The van der Waals surface area contributed by atoms with Gasteiger partial charge in [-0.1, -0.05) is 46.3 Å². The number of halogens is 2. The number of ether oxygens (including phenoxy) is 1. The summed E-state index contributed by atoms with van der Waals surface area (Å²) in [6.45, 7) is 2.23. The van der Waals surface area contributed by atoms with Gasteiger partial charge in [-0.2, -0.15) is 0 Å². The van der Waals surface area contributed by atoms with Crippen LogP contribution in [-0.4, -0.2) is 23.7 Å². The molecule has 0 heterocycles. The van der Waals surface area contributed by atoms with Crippen LogP contribution in [0.4, 0.5) is 0 Å². The van der Waals surface area contributed by atoms with Crippen LogP contribution >= 0.6 is 28.3 Å². The summed E-state index contributed by atoms with van der Waals surface area (Å²) in [6.07, 6.45) is -0.617. The standard InChI is InChI=1S/C18H21BrN2O3.ClH/c1-12(18(23)13-5-3-2-4-6-13)21-10-14-9-15(19)7-8-16(14)24-11-17(20)22;/h2-9,12,18,21,23H,10-11H2,1H3,(H2,20,22);1H. The zero-order valence-electron chi connectivity index (χ0n) is 13.8. The van der Waals surface area contributed by atoms with Gasteiger partial charge in [-0.15, -0.1) is 12.4 Å². The molecule has 0 spiro atoms. The van der Waals surface area contributed by atoms with Gasteiger partial charge in [0, 0.05) is 22.6 Å². The number of primary amides is 1. The van der Waals surface area contributed by atoms with Gasteiger partial charge >= 0.3 is 0 Å². The molecule has 0 fully saturated rings. The number of amides is 1. The molecule has 2 aromatic rings. The molecule has 0 aliphatic carbocycles. The predicted octanol–water partition coefficient (Wildman–Crippen LogP) is 2.95. The fraction of sp³-hybridized carbons (Fsp3) is 0.278. The Morgan fingerprint density at radius 2 is 1.96 bits per heavy atom. The number of nitrogens with one attached hydrogen (secondary N) is 1. The number of carbonyl (C=O) groups excluding carboxylic acids is 1. The van der Waals surface area contributed by atoms with Crippen LogP contribution in [0.1, 0.15) is 24.2 Å². The summed E-state index contributed by atoms with van der Waals surface area (Å²) in [5, 5.41) is 13.7. The molecule has 0 bridgehead atoms. The van der Waals surface area contributed by atoms with Gasteiger partial charge in [0.25, 0.3) is 5.91 Å². The summed E-state index contributed by atoms with van der Waals surface area (Å²) in [5.74, 6) is 0.0654. The Balaban J connectivity index is 0.00000312. The number of hydrogen-bond acceptors (Lipinski definition) is 4. The highest BCUT2D eigenvalue weighted by Gasteiger charge is 2.16. The zero-order chi connectivity index (χ0) is 17.5. The normalized spacial score (nSPS) is 12.8. The number of aliphatic hydroxyl groups is 1. The second-order valence-electron chi connectivity index (χ2n) is 5.53. The Morgan fingerprint density at radius 3 is 2.60 bits per heavy atom. The van der Waals surface area contributed by atoms with Gasteiger partial charge in [-0.05, 0) is 30.7 Å². The number of rotatable bonds is 8. The van der Waals surface area contributed by atoms with Crippen LogP contribution in [0.3, 0.4) is 0 Å². The van der Waals surface area contributed by atoms with E-state index in [0.717, 1.165) is 15.6 Å². The van der Waals surface area contributed by atoms with Crippen molar-refractivity contribution in [1.29, 1.82) is 0 Å². The Hall–Kier alpha value is -1.60. The van der Waals surface area contributed by atoms with E-state index in [-0.39, 0.29) is 25.1 Å². The van der Waals surface area contributed by atoms with E-state index >= 15 is 0 Å².